The van der Waals surface area contributed by atoms with Crippen LogP contribution < -0.4 is 0 Å². The van der Waals surface area contributed by atoms with Crippen LogP contribution >= 0.6 is 0 Å². The van der Waals surface area contributed by atoms with E-state index in [1.807, 2.05) is 30.3 Å². The standard InChI is InChI=1S/C17H24F2N2O3S/c18-16(19)13-20-8-10-21(11-9-20)17(22)14-25(23,24)12-4-7-15-5-2-1-3-6-15/h1-3,5-6,16H,4,7-14H2. The number of carbonyl (C=O) groups excluding carboxylic acids is 1. The Balaban J connectivity index is 1.73. The van der Waals surface area contributed by atoms with Gasteiger partial charge in [-0.3, -0.25) is 9.69 Å². The van der Waals surface area contributed by atoms with Crippen molar-refractivity contribution in [3.63, 3.8) is 0 Å². The molecule has 0 bridgehead atoms. The third kappa shape index (κ3) is 7.07. The quantitative estimate of drug-likeness (QED) is 0.691. The molecule has 0 atom stereocenters. The first-order valence-corrected chi connectivity index (χ1v) is 10.2. The van der Waals surface area contributed by atoms with E-state index >= 15 is 0 Å². The number of halogens is 2. The van der Waals surface area contributed by atoms with Crippen LogP contribution in [-0.4, -0.2) is 74.8 Å². The molecule has 1 fully saturated rings. The van der Waals surface area contributed by atoms with Gasteiger partial charge in [-0.2, -0.15) is 0 Å². The number of nitrogens with zero attached hydrogens (tertiary/aromatic N) is 2. The summed E-state index contributed by atoms with van der Waals surface area (Å²) in [4.78, 5) is 15.2. The fraction of sp³-hybridized carbons (Fsp3) is 0.588. The maximum atomic E-state index is 12.3. The van der Waals surface area contributed by atoms with E-state index in [1.54, 1.807) is 4.90 Å². The molecule has 1 aliphatic rings. The Morgan fingerprint density at radius 1 is 1.08 bits per heavy atom. The molecule has 0 aromatic heterocycles. The lowest BCUT2D eigenvalue weighted by Gasteiger charge is -2.34. The van der Waals surface area contributed by atoms with Crippen LogP contribution in [0.25, 0.3) is 0 Å². The predicted molar refractivity (Wildman–Crippen MR) is 92.4 cm³/mol. The number of benzene rings is 1. The van der Waals surface area contributed by atoms with Gasteiger partial charge in [0.05, 0.1) is 12.3 Å². The van der Waals surface area contributed by atoms with Crippen LogP contribution in [0.5, 0.6) is 0 Å². The summed E-state index contributed by atoms with van der Waals surface area (Å²) in [7, 11) is -3.46. The summed E-state index contributed by atoms with van der Waals surface area (Å²) in [6.45, 7) is 0.990. The van der Waals surface area contributed by atoms with Gasteiger partial charge in [-0.05, 0) is 18.4 Å². The van der Waals surface area contributed by atoms with Crippen LogP contribution in [0.2, 0.25) is 0 Å². The second kappa shape index (κ2) is 9.24. The van der Waals surface area contributed by atoms with E-state index in [-0.39, 0.29) is 12.3 Å². The third-order valence-corrected chi connectivity index (χ3v) is 5.83. The minimum absolute atomic E-state index is 0.0288. The summed E-state index contributed by atoms with van der Waals surface area (Å²) in [6.07, 6.45) is -1.27. The monoisotopic (exact) mass is 374 g/mol. The fourth-order valence-corrected chi connectivity index (χ4v) is 4.15. The Bertz CT molecular complexity index is 645. The lowest BCUT2D eigenvalue weighted by Crippen LogP contribution is -2.51. The summed E-state index contributed by atoms with van der Waals surface area (Å²) in [5, 5.41) is 0. The summed E-state index contributed by atoms with van der Waals surface area (Å²) in [5.74, 6) is -0.966. The molecule has 1 aliphatic heterocycles. The van der Waals surface area contributed by atoms with Crippen molar-refractivity contribution < 1.29 is 22.0 Å². The topological polar surface area (TPSA) is 57.7 Å². The van der Waals surface area contributed by atoms with Crippen molar-refractivity contribution in [1.82, 2.24) is 9.80 Å². The molecule has 5 nitrogen and oxygen atoms in total. The molecule has 0 spiro atoms. The Morgan fingerprint density at radius 3 is 2.32 bits per heavy atom. The summed E-state index contributed by atoms with van der Waals surface area (Å²) in [5.41, 5.74) is 1.07. The number of carbonyl (C=O) groups is 1. The molecule has 1 heterocycles. The van der Waals surface area contributed by atoms with Gasteiger partial charge in [-0.15, -0.1) is 0 Å². The molecule has 0 unspecified atom stereocenters. The zero-order valence-corrected chi connectivity index (χ0v) is 14.9. The normalized spacial score (nSPS) is 16.4. The predicted octanol–water partition coefficient (Wildman–Crippen LogP) is 1.44. The van der Waals surface area contributed by atoms with E-state index in [2.05, 4.69) is 0 Å². The maximum absolute atomic E-state index is 12.3. The minimum Gasteiger partial charge on any atom is -0.339 e. The molecule has 2 rings (SSSR count). The third-order valence-electron chi connectivity index (χ3n) is 4.23. The Labute approximate surface area is 147 Å². The zero-order chi connectivity index (χ0) is 18.3. The van der Waals surface area contributed by atoms with E-state index in [0.717, 1.165) is 5.56 Å². The molecular formula is C17H24F2N2O3S. The second-order valence-corrected chi connectivity index (χ2v) is 8.44. The van der Waals surface area contributed by atoms with Crippen molar-refractivity contribution in [2.75, 3.05) is 44.2 Å². The van der Waals surface area contributed by atoms with E-state index in [4.69, 9.17) is 0 Å². The smallest absolute Gasteiger partial charge is 0.251 e. The molecule has 1 saturated heterocycles. The molecule has 25 heavy (non-hydrogen) atoms. The highest BCUT2D eigenvalue weighted by atomic mass is 32.2. The van der Waals surface area contributed by atoms with Crippen molar-refractivity contribution in [3.05, 3.63) is 35.9 Å². The number of piperazine rings is 1. The highest BCUT2D eigenvalue weighted by Crippen LogP contribution is 2.08. The van der Waals surface area contributed by atoms with Crippen molar-refractivity contribution >= 4 is 15.7 Å². The summed E-state index contributed by atoms with van der Waals surface area (Å²) < 4.78 is 48.9. The first-order chi connectivity index (χ1) is 11.9. The Kier molecular flexibility index (Phi) is 7.31. The van der Waals surface area contributed by atoms with E-state index < -0.39 is 27.9 Å². The molecule has 1 aromatic rings. The van der Waals surface area contributed by atoms with Gasteiger partial charge in [-0.1, -0.05) is 30.3 Å². The number of amides is 1. The van der Waals surface area contributed by atoms with Crippen LogP contribution in [0.4, 0.5) is 8.78 Å². The van der Waals surface area contributed by atoms with Crippen LogP contribution in [-0.2, 0) is 21.1 Å². The summed E-state index contributed by atoms with van der Waals surface area (Å²) >= 11 is 0. The van der Waals surface area contributed by atoms with Crippen LogP contribution in [0, 0.1) is 0 Å². The van der Waals surface area contributed by atoms with Crippen molar-refractivity contribution in [2.45, 2.75) is 19.3 Å². The molecular weight excluding hydrogens is 350 g/mol. The molecule has 8 heteroatoms. The first-order valence-electron chi connectivity index (χ1n) is 8.38. The first kappa shape index (κ1) is 19.8. The van der Waals surface area contributed by atoms with Gasteiger partial charge < -0.3 is 4.90 Å². The fourth-order valence-electron chi connectivity index (χ4n) is 2.87. The molecule has 0 aliphatic carbocycles. The summed E-state index contributed by atoms with van der Waals surface area (Å²) in [6, 6.07) is 9.59. The van der Waals surface area contributed by atoms with Gasteiger partial charge in [0.15, 0.2) is 9.84 Å². The minimum atomic E-state index is -3.46. The number of hydrogen-bond donors (Lipinski definition) is 0. The van der Waals surface area contributed by atoms with Gasteiger partial charge in [0.1, 0.15) is 5.75 Å². The van der Waals surface area contributed by atoms with Crippen LogP contribution in [0.3, 0.4) is 0 Å². The SMILES string of the molecule is O=C(CS(=O)(=O)CCCc1ccccc1)N1CCN(CC(F)F)CC1. The van der Waals surface area contributed by atoms with Gasteiger partial charge in [0.2, 0.25) is 5.91 Å². The Hall–Kier alpha value is -1.54. The van der Waals surface area contributed by atoms with Crippen molar-refractivity contribution in [1.29, 1.82) is 0 Å². The van der Waals surface area contributed by atoms with Gasteiger partial charge in [0, 0.05) is 26.2 Å². The van der Waals surface area contributed by atoms with Crippen LogP contribution in [0.1, 0.15) is 12.0 Å². The van der Waals surface area contributed by atoms with E-state index in [0.29, 0.717) is 39.0 Å². The number of rotatable bonds is 8. The van der Waals surface area contributed by atoms with Crippen molar-refractivity contribution in [3.8, 4) is 0 Å². The maximum Gasteiger partial charge on any atom is 0.251 e. The van der Waals surface area contributed by atoms with Crippen molar-refractivity contribution in [2.24, 2.45) is 0 Å². The van der Waals surface area contributed by atoms with E-state index in [9.17, 15) is 22.0 Å². The lowest BCUT2D eigenvalue weighted by atomic mass is 10.1. The number of aryl methyl sites for hydroxylation is 1. The number of hydrogen-bond acceptors (Lipinski definition) is 4. The molecule has 0 N–H and O–H groups in total. The molecule has 1 amide bonds. The molecule has 1 aromatic carbocycles. The highest BCUT2D eigenvalue weighted by molar-refractivity contribution is 7.92. The van der Waals surface area contributed by atoms with Gasteiger partial charge in [0.25, 0.3) is 6.43 Å². The number of alkyl halides is 2. The second-order valence-electron chi connectivity index (χ2n) is 6.25. The van der Waals surface area contributed by atoms with Gasteiger partial charge >= 0.3 is 0 Å². The molecule has 140 valence electrons. The molecule has 0 radical (unpaired) electrons. The highest BCUT2D eigenvalue weighted by Gasteiger charge is 2.26. The lowest BCUT2D eigenvalue weighted by molar-refractivity contribution is -0.130. The number of sulfone groups is 1. The van der Waals surface area contributed by atoms with Gasteiger partial charge in [-0.25, -0.2) is 17.2 Å². The zero-order valence-electron chi connectivity index (χ0n) is 14.1. The van der Waals surface area contributed by atoms with Crippen LogP contribution in [0.15, 0.2) is 30.3 Å². The average molecular weight is 374 g/mol. The average Bonchev–Trinajstić information content (AvgIpc) is 2.55. The largest absolute Gasteiger partial charge is 0.339 e. The Morgan fingerprint density at radius 2 is 1.72 bits per heavy atom. The van der Waals surface area contributed by atoms with E-state index in [1.165, 1.54) is 4.90 Å². The molecule has 0 saturated carbocycles.